The Kier molecular flexibility index (Phi) is 14.9. The lowest BCUT2D eigenvalue weighted by atomic mass is 9.94. The number of pyridine rings is 1. The molecule has 1 unspecified atom stereocenters. The first-order valence-corrected chi connectivity index (χ1v) is 14.5. The van der Waals surface area contributed by atoms with E-state index < -0.39 is 6.10 Å². The van der Waals surface area contributed by atoms with E-state index >= 15 is 0 Å². The quantitative estimate of drug-likeness (QED) is 0.220. The predicted octanol–water partition coefficient (Wildman–Crippen LogP) is 8.59. The third-order valence-corrected chi connectivity index (χ3v) is 7.59. The number of nitrogens with zero attached hydrogens (tertiary/aromatic N) is 2. The van der Waals surface area contributed by atoms with Gasteiger partial charge in [0.25, 0.3) is 0 Å². The number of aliphatic hydroxyl groups excluding tert-OH is 1. The second-order valence-electron chi connectivity index (χ2n) is 10.6. The Morgan fingerprint density at radius 3 is 2.06 bits per heavy atom. The molecule has 0 saturated heterocycles. The average Bonchev–Trinajstić information content (AvgIpc) is 2.86. The van der Waals surface area contributed by atoms with Gasteiger partial charge in [-0.1, -0.05) is 90.2 Å². The number of aliphatic hydroxyl groups is 1. The van der Waals surface area contributed by atoms with Crippen LogP contribution in [0.5, 0.6) is 0 Å². The molecule has 1 atom stereocenters. The number of hydrogen-bond acceptors (Lipinski definition) is 3. The lowest BCUT2D eigenvalue weighted by molar-refractivity contribution is 0.110. The van der Waals surface area contributed by atoms with Crippen molar-refractivity contribution < 1.29 is 5.11 Å². The van der Waals surface area contributed by atoms with Gasteiger partial charge in [-0.05, 0) is 74.9 Å². The molecule has 3 rings (SSSR count). The first-order valence-electron chi connectivity index (χ1n) is 14.5. The second kappa shape index (κ2) is 17.3. The summed E-state index contributed by atoms with van der Waals surface area (Å²) in [6.45, 7) is 7.51. The zero-order chi connectivity index (χ0) is 24.0. The number of rotatable bonds is 17. The molecule has 0 bridgehead atoms. The van der Waals surface area contributed by atoms with Crippen LogP contribution in [0.3, 0.4) is 0 Å². The van der Waals surface area contributed by atoms with Crippen molar-refractivity contribution in [2.45, 2.75) is 123 Å². The van der Waals surface area contributed by atoms with Crippen molar-refractivity contribution in [3.05, 3.63) is 41.1 Å². The van der Waals surface area contributed by atoms with E-state index in [0.717, 1.165) is 43.6 Å². The van der Waals surface area contributed by atoms with Gasteiger partial charge < -0.3 is 10.0 Å². The molecule has 3 nitrogen and oxygen atoms in total. The first kappa shape index (κ1) is 30.1. The van der Waals surface area contributed by atoms with Crippen molar-refractivity contribution >= 4 is 23.3 Å². The lowest BCUT2D eigenvalue weighted by Gasteiger charge is -2.25. The fraction of sp³-hybridized carbons (Fsp3) is 0.710. The van der Waals surface area contributed by atoms with Gasteiger partial charge >= 0.3 is 0 Å². The van der Waals surface area contributed by atoms with E-state index in [1.807, 2.05) is 0 Å². The van der Waals surface area contributed by atoms with Crippen LogP contribution in [0.25, 0.3) is 10.9 Å². The van der Waals surface area contributed by atoms with E-state index in [1.165, 1.54) is 107 Å². The van der Waals surface area contributed by atoms with Crippen LogP contribution in [0.2, 0.25) is 0 Å². The Bertz CT molecular complexity index is 824. The van der Waals surface area contributed by atoms with Gasteiger partial charge in [-0.2, -0.15) is 0 Å². The molecule has 4 heteroatoms. The highest BCUT2D eigenvalue weighted by Gasteiger charge is 2.16. The first-order chi connectivity index (χ1) is 16.7. The molecule has 1 aliphatic carbocycles. The molecule has 1 aromatic carbocycles. The number of fused-ring (bicyclic) bond motifs is 2. The van der Waals surface area contributed by atoms with Gasteiger partial charge in [-0.25, -0.2) is 0 Å². The maximum atomic E-state index is 11.2. The number of hydrogen-bond donors (Lipinski definition) is 1. The predicted molar refractivity (Wildman–Crippen MR) is 154 cm³/mol. The van der Waals surface area contributed by atoms with Crippen LogP contribution in [0.4, 0.5) is 0 Å². The van der Waals surface area contributed by atoms with E-state index in [4.69, 9.17) is 4.98 Å². The number of aryl methyl sites for hydroxylation is 2. The van der Waals surface area contributed by atoms with Crippen LogP contribution in [0.15, 0.2) is 24.3 Å². The molecule has 2 aromatic rings. The Morgan fingerprint density at radius 2 is 1.40 bits per heavy atom. The standard InChI is InChI=1S/C31H50N2O.ClH/c1-3-5-7-9-11-15-21-33(22-16-12-10-8-6-4-2)25-31(34)28-20-19-27-23-26-17-13-14-18-29(26)32-30(27)24-28;/h19-20,23-24,31,34H,3-18,21-22,25H2,1-2H3;1H. The highest BCUT2D eigenvalue weighted by Crippen LogP contribution is 2.26. The SMILES string of the molecule is CCCCCCCCN(CCCCCCCC)CC(O)c1ccc2cc3c(nc2c1)CCCC3.Cl. The van der Waals surface area contributed by atoms with Gasteiger partial charge in [0.15, 0.2) is 0 Å². The fourth-order valence-electron chi connectivity index (χ4n) is 5.39. The molecule has 1 aromatic heterocycles. The molecule has 0 amide bonds. The summed E-state index contributed by atoms with van der Waals surface area (Å²) in [5.74, 6) is 0. The Hall–Kier alpha value is -1.16. The summed E-state index contributed by atoms with van der Waals surface area (Å²) in [6, 6.07) is 8.76. The minimum absolute atomic E-state index is 0. The van der Waals surface area contributed by atoms with Crippen LogP contribution in [-0.4, -0.2) is 34.6 Å². The van der Waals surface area contributed by atoms with Gasteiger partial charge in [0.2, 0.25) is 0 Å². The van der Waals surface area contributed by atoms with Gasteiger partial charge in [-0.15, -0.1) is 12.4 Å². The average molecular weight is 503 g/mol. The summed E-state index contributed by atoms with van der Waals surface area (Å²) in [4.78, 5) is 7.51. The van der Waals surface area contributed by atoms with Crippen LogP contribution >= 0.6 is 12.4 Å². The summed E-state index contributed by atoms with van der Waals surface area (Å²) in [5.41, 5.74) is 4.77. The Labute approximate surface area is 221 Å². The molecule has 0 radical (unpaired) electrons. The number of benzene rings is 1. The van der Waals surface area contributed by atoms with E-state index in [2.05, 4.69) is 43.0 Å². The number of aromatic nitrogens is 1. The Balaban J connectivity index is 0.00000432. The number of halogens is 1. The molecular formula is C31H51ClN2O. The molecule has 1 N–H and O–H groups in total. The molecule has 1 heterocycles. The minimum Gasteiger partial charge on any atom is -0.387 e. The monoisotopic (exact) mass is 502 g/mol. The zero-order valence-corrected chi connectivity index (χ0v) is 23.4. The smallest absolute Gasteiger partial charge is 0.0917 e. The summed E-state index contributed by atoms with van der Waals surface area (Å²) in [7, 11) is 0. The van der Waals surface area contributed by atoms with Crippen molar-refractivity contribution in [3.63, 3.8) is 0 Å². The zero-order valence-electron chi connectivity index (χ0n) is 22.6. The van der Waals surface area contributed by atoms with Crippen molar-refractivity contribution in [2.75, 3.05) is 19.6 Å². The molecule has 35 heavy (non-hydrogen) atoms. The molecule has 0 fully saturated rings. The third kappa shape index (κ3) is 10.4. The van der Waals surface area contributed by atoms with E-state index in [-0.39, 0.29) is 12.4 Å². The normalized spacial score (nSPS) is 14.2. The van der Waals surface area contributed by atoms with Crippen molar-refractivity contribution in [1.82, 2.24) is 9.88 Å². The van der Waals surface area contributed by atoms with Crippen LogP contribution < -0.4 is 0 Å². The molecule has 0 aliphatic heterocycles. The fourth-order valence-corrected chi connectivity index (χ4v) is 5.39. The van der Waals surface area contributed by atoms with Crippen LogP contribution in [0, 0.1) is 0 Å². The summed E-state index contributed by atoms with van der Waals surface area (Å²) in [5, 5.41) is 12.4. The van der Waals surface area contributed by atoms with Crippen LogP contribution in [0.1, 0.15) is 127 Å². The van der Waals surface area contributed by atoms with E-state index in [0.29, 0.717) is 0 Å². The minimum atomic E-state index is -0.442. The van der Waals surface area contributed by atoms with Crippen molar-refractivity contribution in [2.24, 2.45) is 0 Å². The third-order valence-electron chi connectivity index (χ3n) is 7.59. The highest BCUT2D eigenvalue weighted by molar-refractivity contribution is 5.85. The molecule has 1 aliphatic rings. The highest BCUT2D eigenvalue weighted by atomic mass is 35.5. The van der Waals surface area contributed by atoms with Gasteiger partial charge in [0.05, 0.1) is 11.6 Å². The molecule has 0 saturated carbocycles. The van der Waals surface area contributed by atoms with Gasteiger partial charge in [0, 0.05) is 17.6 Å². The van der Waals surface area contributed by atoms with Crippen LogP contribution in [-0.2, 0) is 12.8 Å². The van der Waals surface area contributed by atoms with Gasteiger partial charge in [-0.3, -0.25) is 4.98 Å². The van der Waals surface area contributed by atoms with E-state index in [1.54, 1.807) is 0 Å². The Morgan fingerprint density at radius 1 is 0.800 bits per heavy atom. The molecule has 198 valence electrons. The second-order valence-corrected chi connectivity index (χ2v) is 10.6. The molecule has 0 spiro atoms. The van der Waals surface area contributed by atoms with Gasteiger partial charge in [0.1, 0.15) is 0 Å². The summed E-state index contributed by atoms with van der Waals surface area (Å²) in [6.07, 6.45) is 20.2. The number of unbranched alkanes of at least 4 members (excludes halogenated alkanes) is 10. The maximum Gasteiger partial charge on any atom is 0.0917 e. The largest absolute Gasteiger partial charge is 0.387 e. The lowest BCUT2D eigenvalue weighted by Crippen LogP contribution is -2.31. The van der Waals surface area contributed by atoms with Crippen molar-refractivity contribution in [1.29, 1.82) is 0 Å². The van der Waals surface area contributed by atoms with Crippen molar-refractivity contribution in [3.8, 4) is 0 Å². The molecular weight excluding hydrogens is 452 g/mol. The van der Waals surface area contributed by atoms with E-state index in [9.17, 15) is 5.11 Å². The summed E-state index contributed by atoms with van der Waals surface area (Å²) < 4.78 is 0. The summed E-state index contributed by atoms with van der Waals surface area (Å²) >= 11 is 0. The topological polar surface area (TPSA) is 36.4 Å². The maximum absolute atomic E-state index is 11.2.